The number of carbonyl (C=O) groups is 1. The van der Waals surface area contributed by atoms with Crippen LogP contribution in [0.2, 0.25) is 0 Å². The zero-order valence-corrected chi connectivity index (χ0v) is 11.1. The molecule has 1 fully saturated rings. The van der Waals surface area contributed by atoms with Gasteiger partial charge in [0.25, 0.3) is 0 Å². The average molecular weight is 231 g/mol. The largest absolute Gasteiger partial charge is 0.444 e. The summed E-state index contributed by atoms with van der Waals surface area (Å²) in [5, 5.41) is 0.257. The van der Waals surface area contributed by atoms with Gasteiger partial charge in [-0.05, 0) is 41.0 Å². The standard InChI is InChI=1S/C11H21NO2S/c1-10(2,3)14-9(13)12-7-8(15)6-11(12,4)5/h8,15H,6-7H2,1-5H3. The fourth-order valence-corrected chi connectivity index (χ4v) is 2.46. The van der Waals surface area contributed by atoms with Crippen molar-refractivity contribution in [2.45, 2.75) is 57.4 Å². The Kier molecular flexibility index (Phi) is 3.29. The Balaban J connectivity index is 2.68. The van der Waals surface area contributed by atoms with Gasteiger partial charge in [0, 0.05) is 17.3 Å². The Morgan fingerprint density at radius 2 is 2.00 bits per heavy atom. The van der Waals surface area contributed by atoms with Gasteiger partial charge in [-0.25, -0.2) is 4.79 Å². The second kappa shape index (κ2) is 3.89. The Morgan fingerprint density at radius 1 is 1.47 bits per heavy atom. The Bertz CT molecular complexity index is 258. The van der Waals surface area contributed by atoms with E-state index in [1.807, 2.05) is 34.6 Å². The Morgan fingerprint density at radius 3 is 2.33 bits per heavy atom. The second-order valence-electron chi connectivity index (χ2n) is 5.76. The zero-order valence-electron chi connectivity index (χ0n) is 10.2. The highest BCUT2D eigenvalue weighted by Gasteiger charge is 2.41. The van der Waals surface area contributed by atoms with Crippen molar-refractivity contribution in [2.24, 2.45) is 0 Å². The molecule has 88 valence electrons. The molecule has 1 atom stereocenters. The Labute approximate surface area is 97.6 Å². The number of amides is 1. The molecule has 3 nitrogen and oxygen atoms in total. The smallest absolute Gasteiger partial charge is 0.410 e. The molecule has 0 aromatic rings. The topological polar surface area (TPSA) is 29.5 Å². The summed E-state index contributed by atoms with van der Waals surface area (Å²) in [5.74, 6) is 0. The molecule has 1 rings (SSSR count). The summed E-state index contributed by atoms with van der Waals surface area (Å²) in [4.78, 5) is 13.7. The first-order chi connectivity index (χ1) is 6.62. The lowest BCUT2D eigenvalue weighted by Gasteiger charge is -2.33. The first kappa shape index (κ1) is 12.7. The Hall–Kier alpha value is -0.380. The lowest BCUT2D eigenvalue weighted by molar-refractivity contribution is 0.0134. The van der Waals surface area contributed by atoms with Crippen molar-refractivity contribution in [3.63, 3.8) is 0 Å². The van der Waals surface area contributed by atoms with Crippen molar-refractivity contribution in [1.29, 1.82) is 0 Å². The van der Waals surface area contributed by atoms with Gasteiger partial charge in [0.05, 0.1) is 0 Å². The molecule has 1 aliphatic heterocycles. The minimum Gasteiger partial charge on any atom is -0.444 e. The van der Waals surface area contributed by atoms with Gasteiger partial charge in [-0.1, -0.05) is 0 Å². The van der Waals surface area contributed by atoms with Crippen molar-refractivity contribution in [3.8, 4) is 0 Å². The lowest BCUT2D eigenvalue weighted by atomic mass is 10.0. The van der Waals surface area contributed by atoms with Crippen LogP contribution in [0, 0.1) is 0 Å². The molecule has 1 aliphatic rings. The molecule has 1 amide bonds. The molecule has 1 unspecified atom stereocenters. The van der Waals surface area contributed by atoms with E-state index in [0.717, 1.165) is 6.42 Å². The summed E-state index contributed by atoms with van der Waals surface area (Å²) < 4.78 is 5.36. The highest BCUT2D eigenvalue weighted by Crippen LogP contribution is 2.32. The van der Waals surface area contributed by atoms with Crippen molar-refractivity contribution >= 4 is 18.7 Å². The first-order valence-corrected chi connectivity index (χ1v) is 5.82. The van der Waals surface area contributed by atoms with Crippen LogP contribution in [0.3, 0.4) is 0 Å². The maximum atomic E-state index is 11.9. The molecule has 0 spiro atoms. The van der Waals surface area contributed by atoms with Crippen molar-refractivity contribution < 1.29 is 9.53 Å². The van der Waals surface area contributed by atoms with E-state index >= 15 is 0 Å². The van der Waals surface area contributed by atoms with Crippen molar-refractivity contribution in [2.75, 3.05) is 6.54 Å². The minimum absolute atomic E-state index is 0.144. The van der Waals surface area contributed by atoms with Crippen LogP contribution in [-0.2, 0) is 4.74 Å². The number of hydrogen-bond donors (Lipinski definition) is 1. The quantitative estimate of drug-likeness (QED) is 0.650. The molecule has 0 aliphatic carbocycles. The van der Waals surface area contributed by atoms with E-state index in [1.165, 1.54) is 0 Å². The van der Waals surface area contributed by atoms with Gasteiger partial charge < -0.3 is 9.64 Å². The molecule has 0 radical (unpaired) electrons. The molecule has 0 bridgehead atoms. The third-order valence-corrected chi connectivity index (χ3v) is 2.82. The molecule has 0 aromatic carbocycles. The predicted octanol–water partition coefficient (Wildman–Crippen LogP) is 2.70. The van der Waals surface area contributed by atoms with E-state index in [0.29, 0.717) is 6.54 Å². The summed E-state index contributed by atoms with van der Waals surface area (Å²) >= 11 is 4.42. The van der Waals surface area contributed by atoms with Gasteiger partial charge in [0.1, 0.15) is 5.60 Å². The number of nitrogens with zero attached hydrogens (tertiary/aromatic N) is 1. The monoisotopic (exact) mass is 231 g/mol. The van der Waals surface area contributed by atoms with Crippen molar-refractivity contribution in [1.82, 2.24) is 4.90 Å². The van der Waals surface area contributed by atoms with E-state index in [1.54, 1.807) is 4.90 Å². The maximum absolute atomic E-state index is 11.9. The normalized spacial score (nSPS) is 25.5. The zero-order chi connectivity index (χ0) is 11.9. The number of ether oxygens (including phenoxy) is 1. The summed E-state index contributed by atoms with van der Waals surface area (Å²) in [6.07, 6.45) is 0.680. The van der Waals surface area contributed by atoms with E-state index < -0.39 is 5.60 Å². The molecular formula is C11H21NO2S. The van der Waals surface area contributed by atoms with Crippen LogP contribution >= 0.6 is 12.6 Å². The van der Waals surface area contributed by atoms with Crippen LogP contribution in [-0.4, -0.2) is 33.9 Å². The fourth-order valence-electron chi connectivity index (χ4n) is 1.85. The van der Waals surface area contributed by atoms with Crippen LogP contribution in [0.1, 0.15) is 41.0 Å². The number of hydrogen-bond acceptors (Lipinski definition) is 3. The summed E-state index contributed by atoms with van der Waals surface area (Å²) in [5.41, 5.74) is -0.573. The minimum atomic E-state index is -0.429. The summed E-state index contributed by atoms with van der Waals surface area (Å²) in [6.45, 7) is 10.4. The number of thiol groups is 1. The summed E-state index contributed by atoms with van der Waals surface area (Å²) in [6, 6.07) is 0. The highest BCUT2D eigenvalue weighted by atomic mass is 32.1. The number of likely N-dealkylation sites (tertiary alicyclic amines) is 1. The number of carbonyl (C=O) groups excluding carboxylic acids is 1. The van der Waals surface area contributed by atoms with Crippen LogP contribution < -0.4 is 0 Å². The first-order valence-electron chi connectivity index (χ1n) is 5.30. The molecule has 1 saturated heterocycles. The van der Waals surface area contributed by atoms with Crippen molar-refractivity contribution in [3.05, 3.63) is 0 Å². The molecular weight excluding hydrogens is 210 g/mol. The van der Waals surface area contributed by atoms with Gasteiger partial charge in [-0.2, -0.15) is 12.6 Å². The van der Waals surface area contributed by atoms with Gasteiger partial charge in [-0.3, -0.25) is 0 Å². The second-order valence-corrected chi connectivity index (χ2v) is 6.49. The van der Waals surface area contributed by atoms with E-state index in [9.17, 15) is 4.79 Å². The number of rotatable bonds is 0. The van der Waals surface area contributed by atoms with Crippen LogP contribution in [0.4, 0.5) is 4.79 Å². The third-order valence-electron chi connectivity index (χ3n) is 2.47. The molecule has 0 saturated carbocycles. The molecule has 0 aromatic heterocycles. The molecule has 0 N–H and O–H groups in total. The summed E-state index contributed by atoms with van der Waals surface area (Å²) in [7, 11) is 0. The van der Waals surface area contributed by atoms with Gasteiger partial charge in [0.2, 0.25) is 0 Å². The average Bonchev–Trinajstić information content (AvgIpc) is 2.20. The lowest BCUT2D eigenvalue weighted by Crippen LogP contribution is -2.45. The van der Waals surface area contributed by atoms with Crippen LogP contribution in [0.15, 0.2) is 0 Å². The highest BCUT2D eigenvalue weighted by molar-refractivity contribution is 7.81. The maximum Gasteiger partial charge on any atom is 0.410 e. The van der Waals surface area contributed by atoms with Gasteiger partial charge in [-0.15, -0.1) is 0 Å². The van der Waals surface area contributed by atoms with E-state index in [2.05, 4.69) is 12.6 Å². The molecule has 4 heteroatoms. The molecule has 15 heavy (non-hydrogen) atoms. The fraction of sp³-hybridized carbons (Fsp3) is 0.909. The predicted molar refractivity (Wildman–Crippen MR) is 64.4 cm³/mol. The van der Waals surface area contributed by atoms with Gasteiger partial charge in [0.15, 0.2) is 0 Å². The van der Waals surface area contributed by atoms with E-state index in [-0.39, 0.29) is 16.9 Å². The van der Waals surface area contributed by atoms with E-state index in [4.69, 9.17) is 4.74 Å². The van der Waals surface area contributed by atoms with Crippen LogP contribution in [0.5, 0.6) is 0 Å². The SMILES string of the molecule is CC(C)(C)OC(=O)N1CC(S)CC1(C)C. The molecule has 1 heterocycles. The van der Waals surface area contributed by atoms with Crippen LogP contribution in [0.25, 0.3) is 0 Å². The van der Waals surface area contributed by atoms with Gasteiger partial charge >= 0.3 is 6.09 Å². The third kappa shape index (κ3) is 3.30.